The Morgan fingerprint density at radius 1 is 1.24 bits per heavy atom. The highest BCUT2D eigenvalue weighted by Gasteiger charge is 2.35. The van der Waals surface area contributed by atoms with E-state index in [4.69, 9.17) is 9.84 Å². The molecule has 4 N–H and O–H groups in total. The maximum atomic E-state index is 13.5. The van der Waals surface area contributed by atoms with Crippen LogP contribution in [0.15, 0.2) is 41.6 Å². The Labute approximate surface area is 217 Å². The van der Waals surface area contributed by atoms with Crippen molar-refractivity contribution in [2.24, 2.45) is 0 Å². The molecule has 1 aliphatic heterocycles. The number of amides is 1. The van der Waals surface area contributed by atoms with Gasteiger partial charge in [-0.05, 0) is 63.8 Å². The normalized spacial score (nSPS) is 16.7. The summed E-state index contributed by atoms with van der Waals surface area (Å²) in [4.78, 5) is 35.2. The molecule has 12 nitrogen and oxygen atoms in total. The lowest BCUT2D eigenvalue weighted by Crippen LogP contribution is -2.54. The van der Waals surface area contributed by atoms with Gasteiger partial charge < -0.3 is 29.9 Å². The smallest absolute Gasteiger partial charge is 0.450 e. The van der Waals surface area contributed by atoms with Crippen LogP contribution < -0.4 is 14.9 Å². The number of carbonyl (C=O) groups is 2. The Bertz CT molecular complexity index is 1110. The summed E-state index contributed by atoms with van der Waals surface area (Å²) in [6.07, 6.45) is 3.27. The number of benzene rings is 1. The number of nitrogens with zero attached hydrogens (tertiary/aromatic N) is 3. The number of rotatable bonds is 13. The van der Waals surface area contributed by atoms with Gasteiger partial charge in [-0.25, -0.2) is 18.2 Å². The zero-order valence-corrected chi connectivity index (χ0v) is 22.0. The molecule has 1 aromatic carbocycles. The monoisotopic (exact) mass is 536 g/mol. The van der Waals surface area contributed by atoms with Crippen molar-refractivity contribution in [1.29, 1.82) is 0 Å². The van der Waals surface area contributed by atoms with Gasteiger partial charge in [-0.2, -0.15) is 4.72 Å². The molecule has 1 saturated heterocycles. The van der Waals surface area contributed by atoms with Gasteiger partial charge in [-0.3, -0.25) is 4.79 Å². The standard InChI is InChI=1S/C24H36N6O6S/c1-3-29(4-2)18-10-12-19(13-11-18)37(34,35)28-20(8-7-14-25-23-26-15-16-27-23)22(31)30-17-6-5-9-21(30)36-24(32)33/h10-13,15-16,20-21,28H,3-9,14,17H2,1-2H3,(H,32,33)(H2,25,26,27)/t20-,21+/m0/s1. The molecule has 1 aromatic heterocycles. The van der Waals surface area contributed by atoms with Crippen LogP contribution in [0.4, 0.5) is 16.4 Å². The third-order valence-corrected chi connectivity index (χ3v) is 7.79. The van der Waals surface area contributed by atoms with E-state index in [1.165, 1.54) is 17.0 Å². The van der Waals surface area contributed by atoms with Gasteiger partial charge in [0.2, 0.25) is 15.9 Å². The zero-order chi connectivity index (χ0) is 26.8. The SMILES string of the molecule is CCN(CC)c1ccc(S(=O)(=O)N[C@@H](CCCNc2ncc[nH]2)C(=O)N2CCCC[C@H]2OC(=O)O)cc1. The Kier molecular flexibility index (Phi) is 10.1. The predicted octanol–water partition coefficient (Wildman–Crippen LogP) is 2.83. The number of likely N-dealkylation sites (tertiary alicyclic amines) is 1. The van der Waals surface area contributed by atoms with Crippen molar-refractivity contribution < 1.29 is 27.9 Å². The minimum absolute atomic E-state index is 0.0481. The third kappa shape index (κ3) is 7.83. The van der Waals surface area contributed by atoms with Gasteiger partial charge in [-0.15, -0.1) is 0 Å². The van der Waals surface area contributed by atoms with E-state index >= 15 is 0 Å². The number of imidazole rings is 1. The number of piperidine rings is 1. The van der Waals surface area contributed by atoms with E-state index in [0.717, 1.165) is 18.8 Å². The minimum atomic E-state index is -4.03. The van der Waals surface area contributed by atoms with E-state index in [1.807, 2.05) is 13.8 Å². The first-order valence-electron chi connectivity index (χ1n) is 12.6. The van der Waals surface area contributed by atoms with Crippen LogP contribution in [0.2, 0.25) is 0 Å². The van der Waals surface area contributed by atoms with Crippen molar-refractivity contribution in [3.63, 3.8) is 0 Å². The lowest BCUT2D eigenvalue weighted by Gasteiger charge is -2.36. The molecule has 1 aliphatic rings. The molecule has 1 fully saturated rings. The largest absolute Gasteiger partial charge is 0.507 e. The highest BCUT2D eigenvalue weighted by atomic mass is 32.2. The van der Waals surface area contributed by atoms with Crippen LogP contribution in [0.5, 0.6) is 0 Å². The lowest BCUT2D eigenvalue weighted by atomic mass is 10.1. The maximum Gasteiger partial charge on any atom is 0.507 e. The van der Waals surface area contributed by atoms with E-state index in [9.17, 15) is 18.0 Å². The fourth-order valence-corrected chi connectivity index (χ4v) is 5.60. The molecule has 2 heterocycles. The van der Waals surface area contributed by atoms with Crippen LogP contribution in [0.3, 0.4) is 0 Å². The van der Waals surface area contributed by atoms with E-state index < -0.39 is 34.4 Å². The summed E-state index contributed by atoms with van der Waals surface area (Å²) < 4.78 is 34.1. The quantitative estimate of drug-likeness (QED) is 0.223. The van der Waals surface area contributed by atoms with Gasteiger partial charge in [0.1, 0.15) is 6.04 Å². The molecule has 3 rings (SSSR count). The van der Waals surface area contributed by atoms with Crippen LogP contribution in [0.25, 0.3) is 0 Å². The highest BCUT2D eigenvalue weighted by molar-refractivity contribution is 7.89. The van der Waals surface area contributed by atoms with Gasteiger partial charge in [0.25, 0.3) is 0 Å². The molecule has 0 aliphatic carbocycles. The number of hydrogen-bond acceptors (Lipinski definition) is 8. The van der Waals surface area contributed by atoms with Crippen molar-refractivity contribution in [2.75, 3.05) is 36.4 Å². The molecule has 0 unspecified atom stereocenters. The van der Waals surface area contributed by atoms with Gasteiger partial charge in [-0.1, -0.05) is 0 Å². The molecule has 204 valence electrons. The van der Waals surface area contributed by atoms with Gasteiger partial charge >= 0.3 is 6.16 Å². The molecule has 0 bridgehead atoms. The van der Waals surface area contributed by atoms with Crippen LogP contribution >= 0.6 is 0 Å². The molecule has 37 heavy (non-hydrogen) atoms. The summed E-state index contributed by atoms with van der Waals surface area (Å²) in [5.41, 5.74) is 0.905. The van der Waals surface area contributed by atoms with Crippen LogP contribution in [0, 0.1) is 0 Å². The second-order valence-corrected chi connectivity index (χ2v) is 10.4. The summed E-state index contributed by atoms with van der Waals surface area (Å²) in [7, 11) is -4.03. The zero-order valence-electron chi connectivity index (χ0n) is 21.2. The van der Waals surface area contributed by atoms with E-state index in [0.29, 0.717) is 38.2 Å². The van der Waals surface area contributed by atoms with Crippen LogP contribution in [0.1, 0.15) is 46.0 Å². The number of carbonyl (C=O) groups excluding carboxylic acids is 1. The molecule has 0 spiro atoms. The topological polar surface area (TPSA) is 157 Å². The molecular weight excluding hydrogens is 500 g/mol. The van der Waals surface area contributed by atoms with Crippen molar-refractivity contribution in [3.8, 4) is 0 Å². The molecule has 2 atom stereocenters. The Hall–Kier alpha value is -3.32. The highest BCUT2D eigenvalue weighted by Crippen LogP contribution is 2.22. The van der Waals surface area contributed by atoms with Crippen LogP contribution in [-0.4, -0.2) is 78.9 Å². The first-order chi connectivity index (χ1) is 17.7. The summed E-state index contributed by atoms with van der Waals surface area (Å²) >= 11 is 0. The first kappa shape index (κ1) is 28.3. The molecule has 2 aromatic rings. The van der Waals surface area contributed by atoms with Gasteiger partial charge in [0.15, 0.2) is 12.2 Å². The predicted molar refractivity (Wildman–Crippen MR) is 139 cm³/mol. The minimum Gasteiger partial charge on any atom is -0.450 e. The number of anilines is 2. The molecule has 13 heteroatoms. The Morgan fingerprint density at radius 3 is 2.59 bits per heavy atom. The van der Waals surface area contributed by atoms with Crippen molar-refractivity contribution in [1.82, 2.24) is 19.6 Å². The number of ether oxygens (including phenoxy) is 1. The lowest BCUT2D eigenvalue weighted by molar-refractivity contribution is -0.147. The fraction of sp³-hybridized carbons (Fsp3) is 0.542. The van der Waals surface area contributed by atoms with Gasteiger partial charge in [0, 0.05) is 50.7 Å². The molecule has 0 saturated carbocycles. The van der Waals surface area contributed by atoms with Crippen LogP contribution in [-0.2, 0) is 19.6 Å². The molecule has 0 radical (unpaired) electrons. The van der Waals surface area contributed by atoms with E-state index in [2.05, 4.69) is 24.9 Å². The average Bonchev–Trinajstić information content (AvgIpc) is 3.40. The van der Waals surface area contributed by atoms with Gasteiger partial charge in [0.05, 0.1) is 4.90 Å². The number of carboxylic acid groups (broad SMARTS) is 1. The summed E-state index contributed by atoms with van der Waals surface area (Å²) in [5.74, 6) is 0.0648. The first-order valence-corrected chi connectivity index (χ1v) is 14.0. The fourth-order valence-electron chi connectivity index (χ4n) is 4.38. The Balaban J connectivity index is 1.77. The number of H-pyrrole nitrogens is 1. The Morgan fingerprint density at radius 2 is 1.97 bits per heavy atom. The third-order valence-electron chi connectivity index (χ3n) is 6.30. The summed E-state index contributed by atoms with van der Waals surface area (Å²) in [5, 5.41) is 12.2. The van der Waals surface area contributed by atoms with Crippen molar-refractivity contribution in [2.45, 2.75) is 63.1 Å². The number of nitrogens with one attached hydrogen (secondary N) is 3. The second-order valence-electron chi connectivity index (χ2n) is 8.71. The second kappa shape index (κ2) is 13.3. The number of aromatic amines is 1. The van der Waals surface area contributed by atoms with E-state index in [1.54, 1.807) is 24.5 Å². The molecular formula is C24H36N6O6S. The van der Waals surface area contributed by atoms with Crippen molar-refractivity contribution in [3.05, 3.63) is 36.7 Å². The number of sulfonamides is 1. The number of aromatic nitrogens is 2. The maximum absolute atomic E-state index is 13.5. The number of hydrogen-bond donors (Lipinski definition) is 4. The summed E-state index contributed by atoms with van der Waals surface area (Å²) in [6, 6.07) is 5.43. The van der Waals surface area contributed by atoms with E-state index in [-0.39, 0.29) is 17.9 Å². The summed E-state index contributed by atoms with van der Waals surface area (Å²) in [6.45, 7) is 6.37. The average molecular weight is 537 g/mol. The van der Waals surface area contributed by atoms with Crippen molar-refractivity contribution >= 4 is 33.7 Å². The molecule has 1 amide bonds.